The van der Waals surface area contributed by atoms with E-state index in [0.717, 1.165) is 19.6 Å². The van der Waals surface area contributed by atoms with Crippen molar-refractivity contribution >= 4 is 5.96 Å². The molecular weight excluding hydrogens is 246 g/mol. The van der Waals surface area contributed by atoms with Crippen LogP contribution in [-0.4, -0.2) is 30.5 Å². The Labute approximate surface area is 122 Å². The highest BCUT2D eigenvalue weighted by atomic mass is 15.2. The zero-order chi connectivity index (χ0) is 14.4. The van der Waals surface area contributed by atoms with Gasteiger partial charge in [-0.05, 0) is 32.3 Å². The zero-order valence-corrected chi connectivity index (χ0v) is 12.8. The predicted octanol–water partition coefficient (Wildman–Crippen LogP) is 3.15. The third kappa shape index (κ3) is 3.14. The van der Waals surface area contributed by atoms with E-state index in [9.17, 15) is 0 Å². The standard InChI is InChI=1S/C17H27N3/c1-3-20(4-2)16(18)19-14-17(12-8-9-13-17)15-10-6-5-7-11-15/h5-7,10-11H,3-4,8-9,12-14H2,1-2H3,(H2,18,19). The van der Waals surface area contributed by atoms with E-state index >= 15 is 0 Å². The molecule has 0 radical (unpaired) electrons. The van der Waals surface area contributed by atoms with Gasteiger partial charge in [-0.3, -0.25) is 4.99 Å². The van der Waals surface area contributed by atoms with Crippen molar-refractivity contribution in [3.05, 3.63) is 35.9 Å². The van der Waals surface area contributed by atoms with Crippen molar-refractivity contribution in [2.24, 2.45) is 10.7 Å². The molecule has 0 bridgehead atoms. The highest BCUT2D eigenvalue weighted by molar-refractivity contribution is 5.78. The second-order valence-corrected chi connectivity index (χ2v) is 5.70. The van der Waals surface area contributed by atoms with Crippen molar-refractivity contribution in [2.75, 3.05) is 19.6 Å². The summed E-state index contributed by atoms with van der Waals surface area (Å²) in [5.74, 6) is 0.692. The van der Waals surface area contributed by atoms with E-state index < -0.39 is 0 Å². The van der Waals surface area contributed by atoms with Gasteiger partial charge in [0, 0.05) is 18.5 Å². The number of nitrogens with two attached hydrogens (primary N) is 1. The summed E-state index contributed by atoms with van der Waals surface area (Å²) in [5, 5.41) is 0. The number of rotatable bonds is 5. The van der Waals surface area contributed by atoms with Gasteiger partial charge in [-0.25, -0.2) is 0 Å². The van der Waals surface area contributed by atoms with E-state index in [1.54, 1.807) is 0 Å². The van der Waals surface area contributed by atoms with Crippen LogP contribution in [0, 0.1) is 0 Å². The van der Waals surface area contributed by atoms with E-state index in [0.29, 0.717) is 5.96 Å². The van der Waals surface area contributed by atoms with Gasteiger partial charge >= 0.3 is 0 Å². The van der Waals surface area contributed by atoms with Crippen LogP contribution in [0.5, 0.6) is 0 Å². The van der Waals surface area contributed by atoms with E-state index in [4.69, 9.17) is 10.7 Å². The summed E-state index contributed by atoms with van der Waals surface area (Å²) in [5.41, 5.74) is 7.76. The lowest BCUT2D eigenvalue weighted by Crippen LogP contribution is -2.38. The average Bonchev–Trinajstić information content (AvgIpc) is 2.97. The molecule has 20 heavy (non-hydrogen) atoms. The third-order valence-corrected chi connectivity index (χ3v) is 4.58. The van der Waals surface area contributed by atoms with E-state index in [1.165, 1.54) is 31.2 Å². The van der Waals surface area contributed by atoms with Crippen LogP contribution in [0.15, 0.2) is 35.3 Å². The lowest BCUT2D eigenvalue weighted by Gasteiger charge is -2.29. The van der Waals surface area contributed by atoms with Crippen LogP contribution in [0.3, 0.4) is 0 Å². The molecule has 0 saturated heterocycles. The summed E-state index contributed by atoms with van der Waals surface area (Å²) >= 11 is 0. The van der Waals surface area contributed by atoms with Gasteiger partial charge < -0.3 is 10.6 Å². The molecule has 0 spiro atoms. The fraction of sp³-hybridized carbons (Fsp3) is 0.588. The van der Waals surface area contributed by atoms with Crippen LogP contribution in [0.4, 0.5) is 0 Å². The maximum absolute atomic E-state index is 6.13. The Kier molecular flexibility index (Phi) is 5.05. The van der Waals surface area contributed by atoms with Crippen molar-refractivity contribution in [3.63, 3.8) is 0 Å². The van der Waals surface area contributed by atoms with Crippen molar-refractivity contribution in [3.8, 4) is 0 Å². The fourth-order valence-corrected chi connectivity index (χ4v) is 3.26. The molecule has 0 aliphatic heterocycles. The van der Waals surface area contributed by atoms with E-state index in [2.05, 4.69) is 49.1 Å². The highest BCUT2D eigenvalue weighted by Gasteiger charge is 2.35. The van der Waals surface area contributed by atoms with Gasteiger partial charge in [-0.15, -0.1) is 0 Å². The number of benzene rings is 1. The van der Waals surface area contributed by atoms with Crippen LogP contribution in [0.25, 0.3) is 0 Å². The second-order valence-electron chi connectivity index (χ2n) is 5.70. The number of nitrogens with zero attached hydrogens (tertiary/aromatic N) is 2. The molecule has 1 aromatic carbocycles. The monoisotopic (exact) mass is 273 g/mol. The van der Waals surface area contributed by atoms with Gasteiger partial charge in [-0.1, -0.05) is 43.2 Å². The van der Waals surface area contributed by atoms with Crippen molar-refractivity contribution in [1.29, 1.82) is 0 Å². The first kappa shape index (κ1) is 14.9. The van der Waals surface area contributed by atoms with Gasteiger partial charge in [0.25, 0.3) is 0 Å². The SMILES string of the molecule is CCN(CC)C(N)=NCC1(c2ccccc2)CCCC1. The molecule has 0 aromatic heterocycles. The molecule has 1 aromatic rings. The molecule has 2 rings (SSSR count). The maximum atomic E-state index is 6.13. The summed E-state index contributed by atoms with van der Waals surface area (Å²) in [6, 6.07) is 10.8. The lowest BCUT2D eigenvalue weighted by atomic mass is 9.79. The van der Waals surface area contributed by atoms with Crippen LogP contribution in [0.2, 0.25) is 0 Å². The Morgan fingerprint density at radius 1 is 1.15 bits per heavy atom. The molecule has 1 aliphatic rings. The van der Waals surface area contributed by atoms with Crippen LogP contribution in [0.1, 0.15) is 45.1 Å². The molecule has 2 N–H and O–H groups in total. The van der Waals surface area contributed by atoms with Gasteiger partial charge in [0.05, 0.1) is 6.54 Å². The quantitative estimate of drug-likeness (QED) is 0.661. The molecule has 3 nitrogen and oxygen atoms in total. The smallest absolute Gasteiger partial charge is 0.191 e. The van der Waals surface area contributed by atoms with Gasteiger partial charge in [0.2, 0.25) is 0 Å². The van der Waals surface area contributed by atoms with Crippen LogP contribution < -0.4 is 5.73 Å². The molecule has 0 unspecified atom stereocenters. The summed E-state index contributed by atoms with van der Waals surface area (Å²) in [6.07, 6.45) is 5.06. The summed E-state index contributed by atoms with van der Waals surface area (Å²) in [7, 11) is 0. The average molecular weight is 273 g/mol. The topological polar surface area (TPSA) is 41.6 Å². The Hall–Kier alpha value is -1.51. The normalized spacial score (nSPS) is 18.2. The minimum Gasteiger partial charge on any atom is -0.370 e. The Morgan fingerprint density at radius 3 is 2.30 bits per heavy atom. The van der Waals surface area contributed by atoms with E-state index in [1.807, 2.05) is 0 Å². The van der Waals surface area contributed by atoms with Gasteiger partial charge in [0.1, 0.15) is 0 Å². The number of aliphatic imine (C=N–C) groups is 1. The molecular formula is C17H27N3. The predicted molar refractivity (Wildman–Crippen MR) is 86.0 cm³/mol. The molecule has 1 saturated carbocycles. The first-order valence-corrected chi connectivity index (χ1v) is 7.82. The molecule has 0 amide bonds. The summed E-state index contributed by atoms with van der Waals surface area (Å²) < 4.78 is 0. The fourth-order valence-electron chi connectivity index (χ4n) is 3.26. The minimum absolute atomic E-state index is 0.207. The zero-order valence-electron chi connectivity index (χ0n) is 12.8. The highest BCUT2D eigenvalue weighted by Crippen LogP contribution is 2.41. The van der Waals surface area contributed by atoms with Crippen molar-refractivity contribution in [2.45, 2.75) is 44.9 Å². The third-order valence-electron chi connectivity index (χ3n) is 4.58. The Morgan fingerprint density at radius 2 is 1.75 bits per heavy atom. The summed E-state index contributed by atoms with van der Waals surface area (Å²) in [4.78, 5) is 6.84. The first-order chi connectivity index (χ1) is 9.72. The molecule has 3 heteroatoms. The minimum atomic E-state index is 0.207. The van der Waals surface area contributed by atoms with Crippen molar-refractivity contribution in [1.82, 2.24) is 4.90 Å². The number of hydrogen-bond donors (Lipinski definition) is 1. The first-order valence-electron chi connectivity index (χ1n) is 7.82. The number of hydrogen-bond acceptors (Lipinski definition) is 1. The number of guanidine groups is 1. The largest absolute Gasteiger partial charge is 0.370 e. The van der Waals surface area contributed by atoms with Gasteiger partial charge in [0.15, 0.2) is 5.96 Å². The molecule has 0 atom stereocenters. The summed E-state index contributed by atoms with van der Waals surface area (Å²) in [6.45, 7) is 6.90. The van der Waals surface area contributed by atoms with Gasteiger partial charge in [-0.2, -0.15) is 0 Å². The second kappa shape index (κ2) is 6.78. The van der Waals surface area contributed by atoms with Crippen LogP contribution in [-0.2, 0) is 5.41 Å². The Balaban J connectivity index is 2.17. The molecule has 0 heterocycles. The molecule has 1 fully saturated rings. The maximum Gasteiger partial charge on any atom is 0.191 e. The van der Waals surface area contributed by atoms with Crippen LogP contribution >= 0.6 is 0 Å². The molecule has 110 valence electrons. The lowest BCUT2D eigenvalue weighted by molar-refractivity contribution is 0.432. The van der Waals surface area contributed by atoms with Crippen molar-refractivity contribution < 1.29 is 0 Å². The van der Waals surface area contributed by atoms with E-state index in [-0.39, 0.29) is 5.41 Å². The Bertz CT molecular complexity index is 429. The molecule has 1 aliphatic carbocycles.